The van der Waals surface area contributed by atoms with Crippen LogP contribution in [0.2, 0.25) is 0 Å². The van der Waals surface area contributed by atoms with Gasteiger partial charge < -0.3 is 10.4 Å². The topological polar surface area (TPSA) is 49.3 Å². The minimum Gasteiger partial charge on any atom is -0.478 e. The smallest absolute Gasteiger partial charge is 0.337 e. The zero-order valence-corrected chi connectivity index (χ0v) is 14.0. The van der Waals surface area contributed by atoms with E-state index in [0.29, 0.717) is 5.69 Å². The molecule has 0 radical (unpaired) electrons. The second-order valence-corrected chi connectivity index (χ2v) is 6.08. The second-order valence-electron chi connectivity index (χ2n) is 6.08. The molecular weight excluding hydrogens is 322 g/mol. The SMILES string of the molecule is O=C(O)c1ccc(-c2ccccc2)cc1Nc1cccc2ccccc12. The molecule has 0 unspecified atom stereocenters. The van der Waals surface area contributed by atoms with Crippen molar-refractivity contribution < 1.29 is 9.90 Å². The molecule has 0 aliphatic heterocycles. The molecule has 0 saturated heterocycles. The zero-order valence-electron chi connectivity index (χ0n) is 14.0. The summed E-state index contributed by atoms with van der Waals surface area (Å²) in [6.07, 6.45) is 0. The summed E-state index contributed by atoms with van der Waals surface area (Å²) in [5.74, 6) is -0.952. The van der Waals surface area contributed by atoms with Gasteiger partial charge in [0.1, 0.15) is 0 Å². The first-order valence-electron chi connectivity index (χ1n) is 8.40. The van der Waals surface area contributed by atoms with Crippen LogP contribution >= 0.6 is 0 Å². The average molecular weight is 339 g/mol. The maximum absolute atomic E-state index is 11.7. The Morgan fingerprint density at radius 2 is 1.42 bits per heavy atom. The first-order valence-corrected chi connectivity index (χ1v) is 8.40. The zero-order chi connectivity index (χ0) is 17.9. The van der Waals surface area contributed by atoms with Gasteiger partial charge in [-0.2, -0.15) is 0 Å². The third-order valence-corrected chi connectivity index (χ3v) is 4.42. The Morgan fingerprint density at radius 1 is 0.692 bits per heavy atom. The predicted molar refractivity (Wildman–Crippen MR) is 106 cm³/mol. The van der Waals surface area contributed by atoms with Crippen LogP contribution in [0.25, 0.3) is 21.9 Å². The Balaban J connectivity index is 1.82. The number of aromatic carboxylic acids is 1. The number of anilines is 2. The molecule has 0 fully saturated rings. The molecule has 3 nitrogen and oxygen atoms in total. The molecule has 0 amide bonds. The van der Waals surface area contributed by atoms with E-state index in [0.717, 1.165) is 27.6 Å². The van der Waals surface area contributed by atoms with Crippen molar-refractivity contribution in [1.29, 1.82) is 0 Å². The number of fused-ring (bicyclic) bond motifs is 1. The average Bonchev–Trinajstić information content (AvgIpc) is 2.69. The molecule has 0 heterocycles. The van der Waals surface area contributed by atoms with Crippen LogP contribution < -0.4 is 5.32 Å². The summed E-state index contributed by atoms with van der Waals surface area (Å²) in [5.41, 5.74) is 3.73. The van der Waals surface area contributed by atoms with Gasteiger partial charge in [0, 0.05) is 11.1 Å². The van der Waals surface area contributed by atoms with E-state index in [1.54, 1.807) is 6.07 Å². The highest BCUT2D eigenvalue weighted by Gasteiger charge is 2.13. The molecule has 26 heavy (non-hydrogen) atoms. The van der Waals surface area contributed by atoms with Crippen molar-refractivity contribution in [2.24, 2.45) is 0 Å². The Bertz CT molecular complexity index is 1080. The summed E-state index contributed by atoms with van der Waals surface area (Å²) >= 11 is 0. The lowest BCUT2D eigenvalue weighted by Crippen LogP contribution is -2.03. The van der Waals surface area contributed by atoms with Gasteiger partial charge in [-0.05, 0) is 34.7 Å². The van der Waals surface area contributed by atoms with Gasteiger partial charge in [-0.15, -0.1) is 0 Å². The Morgan fingerprint density at radius 3 is 2.23 bits per heavy atom. The molecule has 0 aliphatic rings. The number of rotatable bonds is 4. The number of benzene rings is 4. The first kappa shape index (κ1) is 15.9. The number of hydrogen-bond acceptors (Lipinski definition) is 2. The van der Waals surface area contributed by atoms with Crippen LogP contribution in [0, 0.1) is 0 Å². The van der Waals surface area contributed by atoms with E-state index in [1.807, 2.05) is 84.9 Å². The summed E-state index contributed by atoms with van der Waals surface area (Å²) < 4.78 is 0. The monoisotopic (exact) mass is 339 g/mol. The standard InChI is InChI=1S/C23H17NO2/c25-23(26)20-14-13-18(16-7-2-1-3-8-16)15-22(20)24-21-12-6-10-17-9-4-5-11-19(17)21/h1-15,24H,(H,25,26). The van der Waals surface area contributed by atoms with Gasteiger partial charge in [0.15, 0.2) is 0 Å². The lowest BCUT2D eigenvalue weighted by atomic mass is 10.0. The van der Waals surface area contributed by atoms with E-state index in [1.165, 1.54) is 0 Å². The third-order valence-electron chi connectivity index (χ3n) is 4.42. The van der Waals surface area contributed by atoms with Crippen molar-refractivity contribution in [2.75, 3.05) is 5.32 Å². The molecule has 2 N–H and O–H groups in total. The fourth-order valence-corrected chi connectivity index (χ4v) is 3.12. The molecule has 126 valence electrons. The van der Waals surface area contributed by atoms with Crippen LogP contribution in [0.1, 0.15) is 10.4 Å². The predicted octanol–water partition coefficient (Wildman–Crippen LogP) is 5.95. The van der Waals surface area contributed by atoms with Gasteiger partial charge >= 0.3 is 5.97 Å². The number of carboxylic acid groups (broad SMARTS) is 1. The normalized spacial score (nSPS) is 10.6. The molecule has 4 rings (SSSR count). The maximum Gasteiger partial charge on any atom is 0.337 e. The lowest BCUT2D eigenvalue weighted by Gasteiger charge is -2.14. The van der Waals surface area contributed by atoms with Crippen LogP contribution in [-0.4, -0.2) is 11.1 Å². The van der Waals surface area contributed by atoms with Crippen molar-refractivity contribution in [3.63, 3.8) is 0 Å². The van der Waals surface area contributed by atoms with E-state index >= 15 is 0 Å². The molecule has 0 spiro atoms. The highest BCUT2D eigenvalue weighted by atomic mass is 16.4. The van der Waals surface area contributed by atoms with Crippen LogP contribution in [-0.2, 0) is 0 Å². The first-order chi connectivity index (χ1) is 12.7. The number of carboxylic acids is 1. The minimum absolute atomic E-state index is 0.248. The van der Waals surface area contributed by atoms with E-state index in [-0.39, 0.29) is 5.56 Å². The van der Waals surface area contributed by atoms with Gasteiger partial charge in [0.05, 0.1) is 11.3 Å². The molecule has 3 heteroatoms. The van der Waals surface area contributed by atoms with Gasteiger partial charge in [-0.3, -0.25) is 0 Å². The van der Waals surface area contributed by atoms with Crippen molar-refractivity contribution >= 4 is 28.1 Å². The molecule has 4 aromatic carbocycles. The summed E-state index contributed by atoms with van der Waals surface area (Å²) in [7, 11) is 0. The molecule has 4 aromatic rings. The number of hydrogen-bond donors (Lipinski definition) is 2. The van der Waals surface area contributed by atoms with Crippen molar-refractivity contribution in [3.8, 4) is 11.1 Å². The van der Waals surface area contributed by atoms with Gasteiger partial charge in [0.2, 0.25) is 0 Å². The summed E-state index contributed by atoms with van der Waals surface area (Å²) in [4.78, 5) is 11.7. The molecular formula is C23H17NO2. The quantitative estimate of drug-likeness (QED) is 0.483. The highest BCUT2D eigenvalue weighted by Crippen LogP contribution is 2.31. The van der Waals surface area contributed by atoms with Gasteiger partial charge in [-0.1, -0.05) is 72.8 Å². The number of carbonyl (C=O) groups is 1. The van der Waals surface area contributed by atoms with Crippen LogP contribution in [0.3, 0.4) is 0 Å². The van der Waals surface area contributed by atoms with Crippen LogP contribution in [0.4, 0.5) is 11.4 Å². The molecule has 0 saturated carbocycles. The van der Waals surface area contributed by atoms with Crippen molar-refractivity contribution in [2.45, 2.75) is 0 Å². The summed E-state index contributed by atoms with van der Waals surface area (Å²) in [6.45, 7) is 0. The Hall–Kier alpha value is -3.59. The summed E-state index contributed by atoms with van der Waals surface area (Å²) in [6, 6.07) is 29.3. The van der Waals surface area contributed by atoms with Gasteiger partial charge in [-0.25, -0.2) is 4.79 Å². The fourth-order valence-electron chi connectivity index (χ4n) is 3.12. The Labute approximate surface area is 151 Å². The third kappa shape index (κ3) is 3.03. The largest absolute Gasteiger partial charge is 0.478 e. The molecule has 0 aromatic heterocycles. The molecule has 0 atom stereocenters. The lowest BCUT2D eigenvalue weighted by molar-refractivity contribution is 0.0698. The highest BCUT2D eigenvalue weighted by molar-refractivity contribution is 6.00. The van der Waals surface area contributed by atoms with Crippen LogP contribution in [0.15, 0.2) is 91.0 Å². The minimum atomic E-state index is -0.952. The fraction of sp³-hybridized carbons (Fsp3) is 0. The van der Waals surface area contributed by atoms with Crippen molar-refractivity contribution in [1.82, 2.24) is 0 Å². The van der Waals surface area contributed by atoms with Gasteiger partial charge in [0.25, 0.3) is 0 Å². The second kappa shape index (κ2) is 6.73. The summed E-state index contributed by atoms with van der Waals surface area (Å²) in [5, 5.41) is 15.1. The maximum atomic E-state index is 11.7. The molecule has 0 aliphatic carbocycles. The Kier molecular flexibility index (Phi) is 4.12. The van der Waals surface area contributed by atoms with Crippen molar-refractivity contribution in [3.05, 3.63) is 96.6 Å². The molecule has 0 bridgehead atoms. The van der Waals surface area contributed by atoms with E-state index in [2.05, 4.69) is 5.32 Å². The van der Waals surface area contributed by atoms with E-state index < -0.39 is 5.97 Å². The van der Waals surface area contributed by atoms with E-state index in [9.17, 15) is 9.90 Å². The van der Waals surface area contributed by atoms with E-state index in [4.69, 9.17) is 0 Å². The number of nitrogens with one attached hydrogen (secondary N) is 1. The van der Waals surface area contributed by atoms with Crippen LogP contribution in [0.5, 0.6) is 0 Å².